The molecule has 1 nitrogen and oxygen atoms in total. The van der Waals surface area contributed by atoms with Gasteiger partial charge in [0.1, 0.15) is 5.82 Å². The molecule has 0 heterocycles. The van der Waals surface area contributed by atoms with E-state index in [1.807, 2.05) is 19.1 Å². The Kier molecular flexibility index (Phi) is 3.46. The van der Waals surface area contributed by atoms with Gasteiger partial charge in [-0.2, -0.15) is 0 Å². The first-order valence-corrected chi connectivity index (χ1v) is 5.74. The third kappa shape index (κ3) is 2.48. The van der Waals surface area contributed by atoms with Crippen LogP contribution in [0, 0.1) is 12.7 Å². The van der Waals surface area contributed by atoms with Gasteiger partial charge in [-0.15, -0.1) is 0 Å². The van der Waals surface area contributed by atoms with Crippen molar-refractivity contribution in [3.63, 3.8) is 0 Å². The van der Waals surface area contributed by atoms with E-state index in [0.717, 1.165) is 22.3 Å². The van der Waals surface area contributed by atoms with E-state index in [1.54, 1.807) is 12.1 Å². The van der Waals surface area contributed by atoms with Crippen molar-refractivity contribution in [1.82, 2.24) is 0 Å². The summed E-state index contributed by atoms with van der Waals surface area (Å²) in [4.78, 5) is 0. The van der Waals surface area contributed by atoms with Crippen molar-refractivity contribution in [2.45, 2.75) is 13.5 Å². The number of hydrogen-bond donors (Lipinski definition) is 1. The molecule has 3 heteroatoms. The highest BCUT2D eigenvalue weighted by Gasteiger charge is 2.06. The molecule has 0 radical (unpaired) electrons. The summed E-state index contributed by atoms with van der Waals surface area (Å²) in [5.74, 6) is -0.241. The largest absolute Gasteiger partial charge is 0.326 e. The summed E-state index contributed by atoms with van der Waals surface area (Å²) in [7, 11) is 0. The number of hydrogen-bond acceptors (Lipinski definition) is 1. The van der Waals surface area contributed by atoms with E-state index >= 15 is 0 Å². The molecule has 0 saturated carbocycles. The summed E-state index contributed by atoms with van der Waals surface area (Å²) in [6.07, 6.45) is 0. The van der Waals surface area contributed by atoms with Crippen LogP contribution in [-0.4, -0.2) is 0 Å². The zero-order valence-corrected chi connectivity index (χ0v) is 10.3. The topological polar surface area (TPSA) is 26.0 Å². The second kappa shape index (κ2) is 4.86. The molecule has 0 aromatic heterocycles. The van der Waals surface area contributed by atoms with Crippen LogP contribution in [0.15, 0.2) is 36.4 Å². The average molecular weight is 250 g/mol. The van der Waals surface area contributed by atoms with Gasteiger partial charge in [-0.05, 0) is 53.4 Å². The van der Waals surface area contributed by atoms with E-state index in [-0.39, 0.29) is 5.82 Å². The lowest BCUT2D eigenvalue weighted by Crippen LogP contribution is -1.97. The molecular weight excluding hydrogens is 237 g/mol. The lowest BCUT2D eigenvalue weighted by atomic mass is 9.99. The number of aryl methyl sites for hydroxylation is 1. The summed E-state index contributed by atoms with van der Waals surface area (Å²) in [6, 6.07) is 10.3. The van der Waals surface area contributed by atoms with Gasteiger partial charge in [0, 0.05) is 11.6 Å². The van der Waals surface area contributed by atoms with E-state index in [4.69, 9.17) is 17.3 Å². The fraction of sp³-hybridized carbons (Fsp3) is 0.143. The smallest absolute Gasteiger partial charge is 0.123 e. The van der Waals surface area contributed by atoms with Crippen molar-refractivity contribution in [3.8, 4) is 11.1 Å². The molecule has 2 N–H and O–H groups in total. The fourth-order valence-electron chi connectivity index (χ4n) is 1.80. The zero-order chi connectivity index (χ0) is 12.4. The minimum Gasteiger partial charge on any atom is -0.326 e. The SMILES string of the molecule is Cc1ccc(F)cc1-c1ccc(Cl)c(CN)c1. The van der Waals surface area contributed by atoms with Gasteiger partial charge in [-0.3, -0.25) is 0 Å². The van der Waals surface area contributed by atoms with Crippen molar-refractivity contribution in [2.75, 3.05) is 0 Å². The van der Waals surface area contributed by atoms with Crippen molar-refractivity contribution in [2.24, 2.45) is 5.73 Å². The first kappa shape index (κ1) is 12.1. The van der Waals surface area contributed by atoms with Gasteiger partial charge < -0.3 is 5.73 Å². The molecule has 0 saturated heterocycles. The molecule has 88 valence electrons. The Morgan fingerprint density at radius 3 is 2.65 bits per heavy atom. The monoisotopic (exact) mass is 249 g/mol. The quantitative estimate of drug-likeness (QED) is 0.858. The summed E-state index contributed by atoms with van der Waals surface area (Å²) < 4.78 is 13.2. The first-order valence-electron chi connectivity index (χ1n) is 5.37. The van der Waals surface area contributed by atoms with E-state index in [0.29, 0.717) is 11.6 Å². The number of nitrogens with two attached hydrogens (primary N) is 1. The molecule has 0 amide bonds. The fourth-order valence-corrected chi connectivity index (χ4v) is 2.00. The van der Waals surface area contributed by atoms with Gasteiger partial charge >= 0.3 is 0 Å². The van der Waals surface area contributed by atoms with Crippen molar-refractivity contribution in [1.29, 1.82) is 0 Å². The molecule has 0 atom stereocenters. The van der Waals surface area contributed by atoms with Crippen LogP contribution in [0.25, 0.3) is 11.1 Å². The van der Waals surface area contributed by atoms with Crippen LogP contribution in [0.2, 0.25) is 5.02 Å². The third-order valence-electron chi connectivity index (χ3n) is 2.78. The molecule has 0 aliphatic rings. The van der Waals surface area contributed by atoms with Crippen molar-refractivity contribution in [3.05, 3.63) is 58.4 Å². The van der Waals surface area contributed by atoms with Crippen LogP contribution in [0.4, 0.5) is 4.39 Å². The number of benzene rings is 2. The predicted octanol–water partition coefficient (Wildman–Crippen LogP) is 3.91. The van der Waals surface area contributed by atoms with Gasteiger partial charge in [0.15, 0.2) is 0 Å². The van der Waals surface area contributed by atoms with Gasteiger partial charge in [0.05, 0.1) is 0 Å². The standard InChI is InChI=1S/C14H13ClFN/c1-9-2-4-12(16)7-13(9)10-3-5-14(15)11(6-10)8-17/h2-7H,8,17H2,1H3. The normalized spacial score (nSPS) is 10.6. The molecule has 2 aromatic carbocycles. The van der Waals surface area contributed by atoms with Crippen LogP contribution >= 0.6 is 11.6 Å². The second-order valence-corrected chi connectivity index (χ2v) is 4.38. The number of rotatable bonds is 2. The highest BCUT2D eigenvalue weighted by Crippen LogP contribution is 2.28. The number of halogens is 2. The summed E-state index contributed by atoms with van der Waals surface area (Å²) in [5, 5.41) is 0.644. The Morgan fingerprint density at radius 2 is 1.94 bits per heavy atom. The molecular formula is C14H13ClFN. The minimum atomic E-state index is -0.241. The second-order valence-electron chi connectivity index (χ2n) is 3.97. The molecule has 2 rings (SSSR count). The third-order valence-corrected chi connectivity index (χ3v) is 3.14. The van der Waals surface area contributed by atoms with Crippen molar-refractivity contribution >= 4 is 11.6 Å². The van der Waals surface area contributed by atoms with E-state index in [9.17, 15) is 4.39 Å². The molecule has 0 bridgehead atoms. The maximum absolute atomic E-state index is 13.2. The van der Waals surface area contributed by atoms with Gasteiger partial charge in [-0.1, -0.05) is 23.7 Å². The minimum absolute atomic E-state index is 0.241. The lowest BCUT2D eigenvalue weighted by molar-refractivity contribution is 0.628. The van der Waals surface area contributed by atoms with Crippen LogP contribution in [0.1, 0.15) is 11.1 Å². The molecule has 0 unspecified atom stereocenters. The Morgan fingerprint density at radius 1 is 1.18 bits per heavy atom. The molecule has 0 aliphatic heterocycles. The van der Waals surface area contributed by atoms with Crippen LogP contribution in [0.3, 0.4) is 0 Å². The Bertz CT molecular complexity index is 552. The van der Waals surface area contributed by atoms with E-state index < -0.39 is 0 Å². The summed E-state index contributed by atoms with van der Waals surface area (Å²) in [6.45, 7) is 2.33. The zero-order valence-electron chi connectivity index (χ0n) is 9.50. The maximum Gasteiger partial charge on any atom is 0.123 e. The Hall–Kier alpha value is -1.38. The van der Waals surface area contributed by atoms with Crippen LogP contribution in [0.5, 0.6) is 0 Å². The molecule has 0 spiro atoms. The Labute approximate surface area is 105 Å². The van der Waals surface area contributed by atoms with Gasteiger partial charge in [0.2, 0.25) is 0 Å². The molecule has 2 aromatic rings. The van der Waals surface area contributed by atoms with E-state index in [2.05, 4.69) is 0 Å². The maximum atomic E-state index is 13.2. The highest BCUT2D eigenvalue weighted by molar-refractivity contribution is 6.31. The summed E-state index contributed by atoms with van der Waals surface area (Å²) >= 11 is 6.00. The average Bonchev–Trinajstić information content (AvgIpc) is 2.33. The summed E-state index contributed by atoms with van der Waals surface area (Å²) in [5.41, 5.74) is 9.31. The first-order chi connectivity index (χ1) is 8.11. The van der Waals surface area contributed by atoms with Crippen LogP contribution in [-0.2, 0) is 6.54 Å². The van der Waals surface area contributed by atoms with Crippen LogP contribution < -0.4 is 5.73 Å². The van der Waals surface area contributed by atoms with E-state index in [1.165, 1.54) is 12.1 Å². The molecule has 0 aliphatic carbocycles. The van der Waals surface area contributed by atoms with Crippen molar-refractivity contribution < 1.29 is 4.39 Å². The van der Waals surface area contributed by atoms with Gasteiger partial charge in [0.25, 0.3) is 0 Å². The molecule has 0 fully saturated rings. The predicted molar refractivity (Wildman–Crippen MR) is 69.5 cm³/mol. The van der Waals surface area contributed by atoms with Gasteiger partial charge in [-0.25, -0.2) is 4.39 Å². The lowest BCUT2D eigenvalue weighted by Gasteiger charge is -2.09. The molecule has 17 heavy (non-hydrogen) atoms. The highest BCUT2D eigenvalue weighted by atomic mass is 35.5. The Balaban J connectivity index is 2.56.